The zero-order valence-corrected chi connectivity index (χ0v) is 38.2. The second-order valence-corrected chi connectivity index (χ2v) is 15.7. The fraction of sp³-hybridized carbons (Fsp3) is 0.490. The smallest absolute Gasteiger partial charge is 0.277 e. The highest BCUT2D eigenvalue weighted by Crippen LogP contribution is 2.34. The SMILES string of the molecule is COCCOCCOCCOCCOCCOCCOCCOCCOCc1cccc(C(=O)Nc2ccc(OC3CCC3)cc2-c2cc(C(=O)N=C3CCCc4ccccc43)ccn2)c1. The standard InChI is InChI=1S/C51H65N3O12/c1-57-19-20-58-21-22-59-23-24-60-25-26-61-27-28-62-29-30-63-31-32-64-33-34-65-38-39-7-4-10-41(35-39)50(55)54-48-16-15-44(66-43-11-6-12-43)37-46(48)49-36-42(17-18-52-49)51(56)53-47-14-5-9-40-8-2-3-13-45(40)47/h2-4,7-8,10,13,15-18,35-37,43H,5-6,9,11-12,14,19-34,38H2,1H3,(H,54,55). The lowest BCUT2D eigenvalue weighted by Crippen LogP contribution is -2.24. The highest BCUT2D eigenvalue weighted by molar-refractivity contribution is 6.12. The van der Waals surface area contributed by atoms with Crippen LogP contribution in [0.1, 0.15) is 69.5 Å². The zero-order chi connectivity index (χ0) is 45.9. The Hall–Kier alpha value is -4.94. The summed E-state index contributed by atoms with van der Waals surface area (Å²) in [5.41, 5.74) is 6.48. The van der Waals surface area contributed by atoms with Gasteiger partial charge in [0.25, 0.3) is 11.8 Å². The van der Waals surface area contributed by atoms with Crippen molar-refractivity contribution in [1.82, 2.24) is 4.98 Å². The minimum absolute atomic E-state index is 0.158. The number of nitrogens with one attached hydrogen (secondary N) is 1. The Morgan fingerprint density at radius 1 is 0.606 bits per heavy atom. The lowest BCUT2D eigenvalue weighted by molar-refractivity contribution is -0.0246. The third-order valence-corrected chi connectivity index (χ3v) is 10.8. The Kier molecular flexibility index (Phi) is 22.7. The molecule has 2 amide bonds. The average Bonchev–Trinajstić information content (AvgIpc) is 3.33. The number of aryl methyl sites for hydroxylation is 1. The molecule has 0 bridgehead atoms. The van der Waals surface area contributed by atoms with Gasteiger partial charge >= 0.3 is 0 Å². The Labute approximate surface area is 388 Å². The molecule has 4 aromatic rings. The number of amides is 2. The summed E-state index contributed by atoms with van der Waals surface area (Å²) in [6.07, 6.45) is 7.57. The Morgan fingerprint density at radius 3 is 1.85 bits per heavy atom. The number of hydrogen-bond acceptors (Lipinski definition) is 13. The van der Waals surface area contributed by atoms with E-state index in [1.54, 1.807) is 31.5 Å². The van der Waals surface area contributed by atoms with Gasteiger partial charge in [-0.3, -0.25) is 14.6 Å². The van der Waals surface area contributed by atoms with Crippen molar-refractivity contribution < 1.29 is 57.0 Å². The van der Waals surface area contributed by atoms with Crippen LogP contribution in [0, 0.1) is 0 Å². The van der Waals surface area contributed by atoms with Crippen molar-refractivity contribution in [1.29, 1.82) is 0 Å². The molecule has 1 N–H and O–H groups in total. The number of nitrogens with zero attached hydrogens (tertiary/aromatic N) is 2. The topological polar surface area (TPSA) is 164 Å². The number of benzene rings is 3. The van der Waals surface area contributed by atoms with Crippen LogP contribution in [0.2, 0.25) is 0 Å². The number of carbonyl (C=O) groups excluding carboxylic acids is 2. The molecule has 0 spiro atoms. The Morgan fingerprint density at radius 2 is 1.23 bits per heavy atom. The number of fused-ring (bicyclic) bond motifs is 1. The van der Waals surface area contributed by atoms with Crippen LogP contribution in [0.5, 0.6) is 5.75 Å². The van der Waals surface area contributed by atoms with E-state index in [2.05, 4.69) is 21.4 Å². The number of ether oxygens (including phenoxy) is 10. The first-order valence-electron chi connectivity index (χ1n) is 23.1. The molecule has 0 atom stereocenters. The third kappa shape index (κ3) is 17.7. The van der Waals surface area contributed by atoms with Crippen LogP contribution >= 0.6 is 0 Å². The molecular formula is C51H65N3O12. The molecule has 0 aliphatic heterocycles. The largest absolute Gasteiger partial charge is 0.490 e. The number of hydrogen-bond donors (Lipinski definition) is 1. The van der Waals surface area contributed by atoms with Gasteiger partial charge in [-0.05, 0) is 97.7 Å². The van der Waals surface area contributed by atoms with E-state index in [-0.39, 0.29) is 17.9 Å². The number of methoxy groups -OCH3 is 1. The summed E-state index contributed by atoms with van der Waals surface area (Å²) in [7, 11) is 1.64. The summed E-state index contributed by atoms with van der Waals surface area (Å²) >= 11 is 0. The third-order valence-electron chi connectivity index (χ3n) is 10.8. The first-order chi connectivity index (χ1) is 32.6. The van der Waals surface area contributed by atoms with Gasteiger partial charge in [0.2, 0.25) is 0 Å². The van der Waals surface area contributed by atoms with E-state index in [1.165, 1.54) is 5.56 Å². The minimum Gasteiger partial charge on any atom is -0.490 e. The van der Waals surface area contributed by atoms with Gasteiger partial charge in [0.05, 0.1) is 136 Å². The van der Waals surface area contributed by atoms with Gasteiger partial charge in [-0.1, -0.05) is 36.4 Å². The number of aliphatic imine (C=N–C) groups is 1. The molecule has 3 aromatic carbocycles. The van der Waals surface area contributed by atoms with Gasteiger partial charge in [-0.15, -0.1) is 0 Å². The number of aromatic nitrogens is 1. The summed E-state index contributed by atoms with van der Waals surface area (Å²) in [6.45, 7) is 8.12. The van der Waals surface area contributed by atoms with Crippen LogP contribution in [-0.4, -0.2) is 141 Å². The van der Waals surface area contributed by atoms with E-state index < -0.39 is 0 Å². The first kappa shape index (κ1) is 50.5. The fourth-order valence-electron chi connectivity index (χ4n) is 7.08. The number of rotatable bonds is 32. The van der Waals surface area contributed by atoms with Gasteiger partial charge < -0.3 is 52.7 Å². The molecule has 0 saturated heterocycles. The van der Waals surface area contributed by atoms with Crippen molar-refractivity contribution in [3.63, 3.8) is 0 Å². The van der Waals surface area contributed by atoms with Crippen molar-refractivity contribution in [2.45, 2.75) is 51.2 Å². The van der Waals surface area contributed by atoms with Gasteiger partial charge in [0.1, 0.15) is 5.75 Å². The Balaban J connectivity index is 0.864. The Bertz CT molecular complexity index is 2090. The molecule has 2 aliphatic rings. The van der Waals surface area contributed by atoms with Crippen LogP contribution in [-0.2, 0) is 55.7 Å². The van der Waals surface area contributed by atoms with Gasteiger partial charge in [-0.2, -0.15) is 0 Å². The molecule has 1 saturated carbocycles. The van der Waals surface area contributed by atoms with E-state index in [1.807, 2.05) is 54.6 Å². The normalized spacial score (nSPS) is 14.2. The van der Waals surface area contributed by atoms with Crippen molar-refractivity contribution in [3.8, 4) is 17.0 Å². The summed E-state index contributed by atoms with van der Waals surface area (Å²) < 4.78 is 55.5. The first-order valence-corrected chi connectivity index (χ1v) is 23.1. The number of pyridine rings is 1. The molecule has 356 valence electrons. The predicted molar refractivity (Wildman–Crippen MR) is 250 cm³/mol. The van der Waals surface area contributed by atoms with Crippen LogP contribution in [0.25, 0.3) is 11.3 Å². The van der Waals surface area contributed by atoms with E-state index in [9.17, 15) is 9.59 Å². The molecule has 1 aromatic heterocycles. The van der Waals surface area contributed by atoms with E-state index in [0.717, 1.165) is 55.4 Å². The second-order valence-electron chi connectivity index (χ2n) is 15.7. The fourth-order valence-corrected chi connectivity index (χ4v) is 7.08. The van der Waals surface area contributed by atoms with Crippen molar-refractivity contribution in [2.24, 2.45) is 4.99 Å². The van der Waals surface area contributed by atoms with Gasteiger partial charge in [-0.25, -0.2) is 4.99 Å². The summed E-state index contributed by atoms with van der Waals surface area (Å²) in [6, 6.07) is 24.4. The van der Waals surface area contributed by atoms with E-state index in [4.69, 9.17) is 47.4 Å². The average molecular weight is 912 g/mol. The zero-order valence-electron chi connectivity index (χ0n) is 38.2. The molecule has 0 unspecified atom stereocenters. The van der Waals surface area contributed by atoms with Gasteiger partial charge in [0, 0.05) is 30.0 Å². The predicted octanol–water partition coefficient (Wildman–Crippen LogP) is 7.18. The summed E-state index contributed by atoms with van der Waals surface area (Å²) in [4.78, 5) is 36.5. The molecular weight excluding hydrogens is 847 g/mol. The van der Waals surface area contributed by atoms with E-state index >= 15 is 0 Å². The molecule has 2 aliphatic carbocycles. The van der Waals surface area contributed by atoms with Crippen LogP contribution in [0.15, 0.2) is 90.1 Å². The maximum absolute atomic E-state index is 13.7. The molecule has 0 radical (unpaired) electrons. The monoisotopic (exact) mass is 911 g/mol. The minimum atomic E-state index is -0.331. The summed E-state index contributed by atoms with van der Waals surface area (Å²) in [5.74, 6) is 0.0536. The maximum Gasteiger partial charge on any atom is 0.277 e. The maximum atomic E-state index is 13.7. The molecule has 15 nitrogen and oxygen atoms in total. The lowest BCUT2D eigenvalue weighted by atomic mass is 9.90. The second kappa shape index (κ2) is 29.6. The van der Waals surface area contributed by atoms with Gasteiger partial charge in [0.15, 0.2) is 0 Å². The van der Waals surface area contributed by atoms with Crippen molar-refractivity contribution in [2.75, 3.05) is 118 Å². The highest BCUT2D eigenvalue weighted by Gasteiger charge is 2.22. The van der Waals surface area contributed by atoms with Crippen LogP contribution < -0.4 is 10.1 Å². The molecule has 66 heavy (non-hydrogen) atoms. The van der Waals surface area contributed by atoms with Crippen LogP contribution in [0.4, 0.5) is 5.69 Å². The number of anilines is 1. The quantitative estimate of drug-likeness (QED) is 0.0491. The van der Waals surface area contributed by atoms with E-state index in [0.29, 0.717) is 146 Å². The molecule has 6 rings (SSSR count). The number of carbonyl (C=O) groups is 2. The van der Waals surface area contributed by atoms with Crippen molar-refractivity contribution >= 4 is 23.2 Å². The highest BCUT2D eigenvalue weighted by atomic mass is 16.6. The molecule has 15 heteroatoms. The molecule has 1 fully saturated rings. The molecule has 1 heterocycles. The van der Waals surface area contributed by atoms with Crippen molar-refractivity contribution in [3.05, 3.63) is 113 Å². The lowest BCUT2D eigenvalue weighted by Gasteiger charge is -2.26. The van der Waals surface area contributed by atoms with Crippen LogP contribution in [0.3, 0.4) is 0 Å². The summed E-state index contributed by atoms with van der Waals surface area (Å²) in [5, 5.41) is 3.08.